The molecule has 0 aliphatic carbocycles. The molecule has 10 rings (SSSR count). The second-order valence-corrected chi connectivity index (χ2v) is 40.3. The van der Waals surface area contributed by atoms with Gasteiger partial charge >= 0.3 is 0 Å². The molecule has 0 aromatic carbocycles. The Labute approximate surface area is 612 Å². The predicted molar refractivity (Wildman–Crippen MR) is 428 cm³/mol. The molecule has 0 spiro atoms. The van der Waals surface area contributed by atoms with Gasteiger partial charge in [0.1, 0.15) is 5.67 Å². The van der Waals surface area contributed by atoms with E-state index < -0.39 is 5.67 Å². The van der Waals surface area contributed by atoms with Gasteiger partial charge in [0, 0.05) is 160 Å². The summed E-state index contributed by atoms with van der Waals surface area (Å²) in [6.07, 6.45) is 14.1. The second kappa shape index (κ2) is 41.1. The molecule has 10 fully saturated rings. The number of likely N-dealkylation sites (N-methyl/N-ethyl adjacent to an activating group) is 1. The van der Waals surface area contributed by atoms with Crippen molar-refractivity contribution in [3.05, 3.63) is 0 Å². The molecule has 98 heavy (non-hydrogen) atoms. The molecule has 15 heteroatoms. The molecule has 0 bridgehead atoms. The van der Waals surface area contributed by atoms with Gasteiger partial charge < -0.3 is 19.6 Å². The fourth-order valence-electron chi connectivity index (χ4n) is 13.0. The summed E-state index contributed by atoms with van der Waals surface area (Å²) in [6.45, 7) is 94.4. The van der Waals surface area contributed by atoms with Crippen molar-refractivity contribution >= 4 is 17.7 Å². The van der Waals surface area contributed by atoms with Crippen molar-refractivity contribution in [3.63, 3.8) is 0 Å². The normalized spacial score (nSPS) is 22.3. The van der Waals surface area contributed by atoms with Gasteiger partial charge in [0.25, 0.3) is 0 Å². The van der Waals surface area contributed by atoms with Crippen LogP contribution in [0.25, 0.3) is 0 Å². The van der Waals surface area contributed by atoms with Gasteiger partial charge in [0.15, 0.2) is 0 Å². The minimum Gasteiger partial charge on any atom is -0.338 e. The lowest BCUT2D eigenvalue weighted by atomic mass is 9.92. The summed E-state index contributed by atoms with van der Waals surface area (Å²) in [5.74, 6) is 2.81. The number of rotatable bonds is 0. The molecular formula is C83H174FN11O3. The summed E-state index contributed by atoms with van der Waals surface area (Å²) >= 11 is 0. The number of piperazine rings is 1. The molecule has 10 aliphatic heterocycles. The highest BCUT2D eigenvalue weighted by Crippen LogP contribution is 2.32. The summed E-state index contributed by atoms with van der Waals surface area (Å²) in [4.78, 5) is 58.6. The molecule has 0 radical (unpaired) electrons. The number of carbonyl (C=O) groups is 3. The van der Waals surface area contributed by atoms with E-state index in [9.17, 15) is 18.8 Å². The van der Waals surface area contributed by atoms with E-state index >= 15 is 0 Å². The number of alkyl halides is 1. The van der Waals surface area contributed by atoms with Gasteiger partial charge in [-0.25, -0.2) is 4.39 Å². The number of likely N-dealkylation sites (tertiary alicyclic amines) is 8. The van der Waals surface area contributed by atoms with Crippen LogP contribution in [0.1, 0.15) is 320 Å². The zero-order chi connectivity index (χ0) is 74.7. The van der Waals surface area contributed by atoms with Crippen molar-refractivity contribution in [2.24, 2.45) is 11.8 Å². The smallest absolute Gasteiger partial charge is 0.224 e. The fourth-order valence-corrected chi connectivity index (χ4v) is 13.0. The van der Waals surface area contributed by atoms with Gasteiger partial charge in [-0.3, -0.25) is 48.7 Å². The third-order valence-corrected chi connectivity index (χ3v) is 20.4. The number of amides is 3. The largest absolute Gasteiger partial charge is 0.338 e. The molecule has 0 atom stereocenters. The Balaban J connectivity index is 0. The quantitative estimate of drug-likeness (QED) is 0.172. The predicted octanol–water partition coefficient (Wildman–Crippen LogP) is 17.5. The van der Waals surface area contributed by atoms with Crippen molar-refractivity contribution in [1.82, 2.24) is 53.9 Å². The standard InChI is InChI=1S/C10H21N.C9H20N2.C9H19N.C8H16FN.2C8H15NO.2C8H17N.C7H13NO.C6H13N.2CH4/c1-9-5-7-11(8-6-9)10(2,3)4;1-9(2,3)11-7-5-10(4)6-8-11;1-9(2,3)10-7-5-4-6-8-10;1-7(2,3)10-5-8(4,9)6-10;2*1-8(2,3)9-6-4-5-7(9)10;1-7-5-9(6-7)8(2,3)4;1-8(2,3)9-6-4-5-7-9;1-7(2,3)8-5-4-6(8)9;1-6(2,3)7-4-5-7;;/h9H,5-8H2,1-4H3;5-8H2,1-4H3;4-8H2,1-3H3;5-6H2,1-4H3;2*4-6H2,1-3H3;7H,5-6H2,1-4H3;4-7H2,1-3H3;4-5H2,1-3H3;4-5H2,1-3H3;2*1H4. The molecular weight excluding hydrogens is 1220 g/mol. The minimum absolute atomic E-state index is 0. The summed E-state index contributed by atoms with van der Waals surface area (Å²) in [6, 6.07) is 0. The van der Waals surface area contributed by atoms with Gasteiger partial charge in [-0.05, 0) is 324 Å². The Kier molecular flexibility index (Phi) is 41.1. The summed E-state index contributed by atoms with van der Waals surface area (Å²) in [7, 11) is 2.19. The maximum Gasteiger partial charge on any atom is 0.224 e. The van der Waals surface area contributed by atoms with Crippen molar-refractivity contribution in [1.29, 1.82) is 0 Å². The van der Waals surface area contributed by atoms with Crippen LogP contribution in [-0.4, -0.2) is 264 Å². The van der Waals surface area contributed by atoms with Crippen LogP contribution in [0.4, 0.5) is 4.39 Å². The molecule has 10 heterocycles. The highest BCUT2D eigenvalue weighted by atomic mass is 19.1. The maximum absolute atomic E-state index is 12.9. The van der Waals surface area contributed by atoms with E-state index in [1.807, 2.05) is 14.7 Å². The molecule has 0 aromatic rings. The average molecular weight is 1390 g/mol. The topological polar surface area (TPSA) is 86.6 Å². The van der Waals surface area contributed by atoms with Crippen LogP contribution in [0.2, 0.25) is 0 Å². The Bertz CT molecular complexity index is 2090. The molecule has 0 saturated carbocycles. The van der Waals surface area contributed by atoms with Gasteiger partial charge in [-0.1, -0.05) is 35.1 Å². The van der Waals surface area contributed by atoms with E-state index in [-0.39, 0.29) is 37.0 Å². The van der Waals surface area contributed by atoms with Gasteiger partial charge in [0.2, 0.25) is 17.7 Å². The molecule has 3 amide bonds. The van der Waals surface area contributed by atoms with Crippen LogP contribution >= 0.6 is 0 Å². The number of halogens is 1. The molecule has 10 saturated heterocycles. The van der Waals surface area contributed by atoms with E-state index in [4.69, 9.17) is 0 Å². The van der Waals surface area contributed by atoms with Crippen molar-refractivity contribution in [2.45, 2.75) is 381 Å². The van der Waals surface area contributed by atoms with Crippen LogP contribution < -0.4 is 0 Å². The highest BCUT2D eigenvalue weighted by Gasteiger charge is 2.44. The van der Waals surface area contributed by atoms with Crippen molar-refractivity contribution in [2.75, 3.05) is 131 Å². The zero-order valence-electron chi connectivity index (χ0n) is 70.6. The van der Waals surface area contributed by atoms with Crippen LogP contribution in [-0.2, 0) is 14.4 Å². The number of β-lactam (4-membered cyclic amide) rings is 1. The average Bonchev–Trinajstić information content (AvgIpc) is 1.31. The Morgan fingerprint density at radius 3 is 0.714 bits per heavy atom. The number of carbonyl (C=O) groups excluding carboxylic acids is 3. The Morgan fingerprint density at radius 1 is 0.296 bits per heavy atom. The van der Waals surface area contributed by atoms with Crippen LogP contribution in [0, 0.1) is 11.8 Å². The maximum atomic E-state index is 12.9. The Hall–Kier alpha value is -1.98. The lowest BCUT2D eigenvalue weighted by Crippen LogP contribution is -2.63. The lowest BCUT2D eigenvalue weighted by Gasteiger charge is -2.49. The highest BCUT2D eigenvalue weighted by molar-refractivity contribution is 5.82. The third-order valence-electron chi connectivity index (χ3n) is 20.4. The lowest BCUT2D eigenvalue weighted by molar-refractivity contribution is -0.146. The van der Waals surface area contributed by atoms with E-state index in [1.54, 1.807) is 6.92 Å². The summed E-state index contributed by atoms with van der Waals surface area (Å²) < 4.78 is 12.9. The number of piperidine rings is 2. The first kappa shape index (κ1) is 98.1. The molecule has 0 unspecified atom stereocenters. The van der Waals surface area contributed by atoms with Crippen LogP contribution in [0.15, 0.2) is 0 Å². The molecule has 14 nitrogen and oxygen atoms in total. The third kappa shape index (κ3) is 39.8. The Morgan fingerprint density at radius 2 is 0.551 bits per heavy atom. The molecule has 0 aromatic heterocycles. The van der Waals surface area contributed by atoms with E-state index in [2.05, 4.69) is 268 Å². The molecule has 586 valence electrons. The van der Waals surface area contributed by atoms with Gasteiger partial charge in [-0.2, -0.15) is 0 Å². The van der Waals surface area contributed by atoms with Gasteiger partial charge in [0.05, 0.1) is 0 Å². The summed E-state index contributed by atoms with van der Waals surface area (Å²) in [5, 5.41) is 0. The van der Waals surface area contributed by atoms with E-state index in [0.717, 1.165) is 63.6 Å². The minimum atomic E-state index is -0.923. The number of hydrogen-bond acceptors (Lipinski definition) is 11. The number of nitrogens with zero attached hydrogens (tertiary/aromatic N) is 11. The van der Waals surface area contributed by atoms with Crippen molar-refractivity contribution < 1.29 is 18.8 Å². The fraction of sp³-hybridized carbons (Fsp3) is 0.964. The van der Waals surface area contributed by atoms with Crippen LogP contribution in [0.3, 0.4) is 0 Å². The van der Waals surface area contributed by atoms with E-state index in [1.165, 1.54) is 137 Å². The summed E-state index contributed by atoms with van der Waals surface area (Å²) in [5.41, 5.74) is 1.76. The van der Waals surface area contributed by atoms with E-state index in [0.29, 0.717) is 64.0 Å². The first-order chi connectivity index (χ1) is 43.2. The second-order valence-electron chi connectivity index (χ2n) is 40.3. The molecule has 10 aliphatic rings. The van der Waals surface area contributed by atoms with Gasteiger partial charge in [-0.15, -0.1) is 0 Å². The first-order valence-electron chi connectivity index (χ1n) is 38.7. The number of hydrogen-bond donors (Lipinski definition) is 0. The molecule has 0 N–H and O–H groups in total. The zero-order valence-corrected chi connectivity index (χ0v) is 70.6. The monoisotopic (exact) mass is 1390 g/mol. The first-order valence-corrected chi connectivity index (χ1v) is 38.7. The van der Waals surface area contributed by atoms with Crippen LogP contribution in [0.5, 0.6) is 0 Å². The SMILES string of the molecule is C.C.CC(C)(C)N1CC1.CC(C)(C)N1CCC1=O.CC(C)(C)N1CCCC1.CC(C)(C)N1CCCC1=O.CC(C)(C)N1CCCC1=O.CC(C)(C)N1CCCCC1.CC1(F)CN(C(C)(C)C)C1.CC1CCN(C(C)(C)C)CC1.CC1CN(C(C)(C)C)C1.CN1CCN(C(C)(C)C)CC1. The van der Waals surface area contributed by atoms with Crippen molar-refractivity contribution in [3.8, 4) is 0 Å².